The van der Waals surface area contributed by atoms with E-state index >= 15 is 0 Å². The summed E-state index contributed by atoms with van der Waals surface area (Å²) in [5.41, 5.74) is 0.920. The molecule has 5 nitrogen and oxygen atoms in total. The Balaban J connectivity index is 1.92. The molecule has 0 spiro atoms. The van der Waals surface area contributed by atoms with Crippen molar-refractivity contribution in [3.8, 4) is 0 Å². The van der Waals surface area contributed by atoms with Crippen LogP contribution in [0.1, 0.15) is 74.3 Å². The van der Waals surface area contributed by atoms with Crippen LogP contribution in [0.15, 0.2) is 30.3 Å². The van der Waals surface area contributed by atoms with Crippen molar-refractivity contribution in [3.63, 3.8) is 0 Å². The number of benzene rings is 1. The first-order chi connectivity index (χ1) is 14.2. The second-order valence-electron chi connectivity index (χ2n) is 10.8. The molecule has 0 radical (unpaired) electrons. The number of hydrogen-bond donors (Lipinski definition) is 1. The number of carbonyl (C=O) groups is 1. The molecule has 1 aliphatic rings. The highest BCUT2D eigenvalue weighted by Gasteiger charge is 2.51. The molecule has 0 unspecified atom stereocenters. The lowest BCUT2D eigenvalue weighted by molar-refractivity contribution is -0.157. The van der Waals surface area contributed by atoms with Crippen molar-refractivity contribution in [2.75, 3.05) is 6.54 Å². The maximum Gasteiger partial charge on any atom is 0.494 e. The van der Waals surface area contributed by atoms with Gasteiger partial charge in [-0.2, -0.15) is 0 Å². The minimum Gasteiger partial charge on any atom is -0.459 e. The summed E-state index contributed by atoms with van der Waals surface area (Å²) in [5, 5.41) is 3.32. The van der Waals surface area contributed by atoms with Crippen molar-refractivity contribution in [1.29, 1.82) is 0 Å². The SMILES string of the molecule is CC(C)C[C@H](NC/C=C/c1ccc(B2OC(C)(C)C(C)(C)O2)cc1)C(=O)OC(C)(C)C. The summed E-state index contributed by atoms with van der Waals surface area (Å²) in [6.07, 6.45) is 4.82. The highest BCUT2D eigenvalue weighted by molar-refractivity contribution is 6.62. The molecule has 0 amide bonds. The minimum absolute atomic E-state index is 0.193. The van der Waals surface area contributed by atoms with Gasteiger partial charge in [0.05, 0.1) is 11.2 Å². The molecule has 1 saturated heterocycles. The first kappa shape index (κ1) is 25.6. The Morgan fingerprint density at radius 3 is 2.13 bits per heavy atom. The number of hydrogen-bond acceptors (Lipinski definition) is 5. The maximum absolute atomic E-state index is 12.5. The van der Waals surface area contributed by atoms with Crippen LogP contribution in [0.5, 0.6) is 0 Å². The van der Waals surface area contributed by atoms with E-state index < -0.39 is 5.60 Å². The van der Waals surface area contributed by atoms with E-state index in [0.29, 0.717) is 12.5 Å². The van der Waals surface area contributed by atoms with Crippen LogP contribution in [0.2, 0.25) is 0 Å². The number of rotatable bonds is 8. The largest absolute Gasteiger partial charge is 0.494 e. The summed E-state index contributed by atoms with van der Waals surface area (Å²) in [7, 11) is -0.352. The summed E-state index contributed by atoms with van der Waals surface area (Å²) in [6.45, 7) is 18.7. The molecular weight excluding hydrogens is 389 g/mol. The van der Waals surface area contributed by atoms with E-state index in [1.54, 1.807) is 0 Å². The number of ether oxygens (including phenoxy) is 1. The van der Waals surface area contributed by atoms with Crippen LogP contribution in [0.3, 0.4) is 0 Å². The third kappa shape index (κ3) is 7.48. The Kier molecular flexibility index (Phi) is 8.18. The second kappa shape index (κ2) is 9.89. The minimum atomic E-state index is -0.483. The first-order valence-corrected chi connectivity index (χ1v) is 11.3. The Bertz CT molecular complexity index is 747. The average molecular weight is 429 g/mol. The van der Waals surface area contributed by atoms with Crippen LogP contribution >= 0.6 is 0 Å². The van der Waals surface area contributed by atoms with E-state index in [2.05, 4.69) is 59.0 Å². The first-order valence-electron chi connectivity index (χ1n) is 11.3. The van der Waals surface area contributed by atoms with Gasteiger partial charge in [-0.1, -0.05) is 50.3 Å². The topological polar surface area (TPSA) is 56.8 Å². The summed E-state index contributed by atoms with van der Waals surface area (Å²) in [6, 6.07) is 7.87. The predicted molar refractivity (Wildman–Crippen MR) is 128 cm³/mol. The standard InChI is InChI=1S/C25H40BNO4/c1-18(2)17-21(22(28)29-23(3,4)5)27-16-10-11-19-12-14-20(15-13-19)26-30-24(6,7)25(8,9)31-26/h10-15,18,21,27H,16-17H2,1-9H3/b11-10+/t21-/m0/s1. The number of nitrogens with one attached hydrogen (secondary N) is 1. The molecule has 1 N–H and O–H groups in total. The molecule has 1 fully saturated rings. The fourth-order valence-corrected chi connectivity index (χ4v) is 3.26. The molecule has 172 valence electrons. The van der Waals surface area contributed by atoms with Gasteiger partial charge in [0.1, 0.15) is 11.6 Å². The van der Waals surface area contributed by atoms with Crippen molar-refractivity contribution in [1.82, 2.24) is 5.32 Å². The number of esters is 1. The van der Waals surface area contributed by atoms with Crippen LogP contribution in [-0.4, -0.2) is 42.5 Å². The molecule has 1 aromatic rings. The third-order valence-electron chi connectivity index (χ3n) is 5.65. The zero-order valence-corrected chi connectivity index (χ0v) is 20.7. The summed E-state index contributed by atoms with van der Waals surface area (Å²) >= 11 is 0. The number of carbonyl (C=O) groups excluding carboxylic acids is 1. The molecule has 0 bridgehead atoms. The van der Waals surface area contributed by atoms with E-state index in [1.807, 2.05) is 45.1 Å². The Labute approximate surface area is 189 Å². The van der Waals surface area contributed by atoms with Crippen LogP contribution in [0, 0.1) is 5.92 Å². The Morgan fingerprint density at radius 1 is 1.10 bits per heavy atom. The van der Waals surface area contributed by atoms with Crippen LogP contribution in [0.25, 0.3) is 6.08 Å². The van der Waals surface area contributed by atoms with Gasteiger partial charge in [0.2, 0.25) is 0 Å². The van der Waals surface area contributed by atoms with Gasteiger partial charge < -0.3 is 19.4 Å². The molecule has 0 aromatic heterocycles. The average Bonchev–Trinajstić information content (AvgIpc) is 2.84. The van der Waals surface area contributed by atoms with Crippen molar-refractivity contribution in [2.24, 2.45) is 5.92 Å². The molecule has 0 aliphatic carbocycles. The molecule has 0 saturated carbocycles. The van der Waals surface area contributed by atoms with Gasteiger partial charge in [0.25, 0.3) is 0 Å². The van der Waals surface area contributed by atoms with E-state index in [0.717, 1.165) is 17.4 Å². The fraction of sp³-hybridized carbons (Fsp3) is 0.640. The van der Waals surface area contributed by atoms with Crippen molar-refractivity contribution in [3.05, 3.63) is 35.9 Å². The molecule has 1 aliphatic heterocycles. The van der Waals surface area contributed by atoms with Crippen molar-refractivity contribution >= 4 is 24.6 Å². The fourth-order valence-electron chi connectivity index (χ4n) is 3.26. The summed E-state index contributed by atoms with van der Waals surface area (Å²) in [4.78, 5) is 12.5. The monoisotopic (exact) mass is 429 g/mol. The molecule has 31 heavy (non-hydrogen) atoms. The Hall–Kier alpha value is -1.63. The molecule has 6 heteroatoms. The summed E-state index contributed by atoms with van der Waals surface area (Å²) < 4.78 is 17.8. The van der Waals surface area contributed by atoms with Gasteiger partial charge in [0.15, 0.2) is 0 Å². The van der Waals surface area contributed by atoms with Gasteiger partial charge in [-0.05, 0) is 71.8 Å². The van der Waals surface area contributed by atoms with E-state index in [1.165, 1.54) is 0 Å². The van der Waals surface area contributed by atoms with Crippen molar-refractivity contribution < 1.29 is 18.8 Å². The summed E-state index contributed by atoms with van der Waals surface area (Å²) in [5.74, 6) is 0.206. The predicted octanol–water partition coefficient (Wildman–Crippen LogP) is 4.35. The zero-order chi connectivity index (χ0) is 23.4. The van der Waals surface area contributed by atoms with Gasteiger partial charge >= 0.3 is 13.1 Å². The highest BCUT2D eigenvalue weighted by atomic mass is 16.7. The normalized spacial score (nSPS) is 19.2. The van der Waals surface area contributed by atoms with Gasteiger partial charge in [-0.3, -0.25) is 4.79 Å². The van der Waals surface area contributed by atoms with Gasteiger partial charge in [-0.25, -0.2) is 0 Å². The quantitative estimate of drug-likeness (QED) is 0.492. The molecule has 1 heterocycles. The highest BCUT2D eigenvalue weighted by Crippen LogP contribution is 2.36. The molecular formula is C25H40BNO4. The van der Waals surface area contributed by atoms with Crippen LogP contribution < -0.4 is 10.8 Å². The lowest BCUT2D eigenvalue weighted by Gasteiger charge is -2.32. The van der Waals surface area contributed by atoms with E-state index in [9.17, 15) is 4.79 Å². The van der Waals surface area contributed by atoms with Crippen LogP contribution in [0.4, 0.5) is 0 Å². The van der Waals surface area contributed by atoms with Crippen LogP contribution in [-0.2, 0) is 18.8 Å². The van der Waals surface area contributed by atoms with E-state index in [4.69, 9.17) is 14.0 Å². The van der Waals surface area contributed by atoms with E-state index in [-0.39, 0.29) is 30.3 Å². The lowest BCUT2D eigenvalue weighted by atomic mass is 9.79. The van der Waals surface area contributed by atoms with Gasteiger partial charge in [0, 0.05) is 6.54 Å². The maximum atomic E-state index is 12.5. The molecule has 1 aromatic carbocycles. The zero-order valence-electron chi connectivity index (χ0n) is 20.7. The third-order valence-corrected chi connectivity index (χ3v) is 5.65. The van der Waals surface area contributed by atoms with Gasteiger partial charge in [-0.15, -0.1) is 0 Å². The smallest absolute Gasteiger partial charge is 0.459 e. The molecule has 2 rings (SSSR count). The second-order valence-corrected chi connectivity index (χ2v) is 10.8. The molecule has 1 atom stereocenters. The van der Waals surface area contributed by atoms with Crippen molar-refractivity contribution in [2.45, 2.75) is 91.6 Å². The lowest BCUT2D eigenvalue weighted by Crippen LogP contribution is -2.42. The Morgan fingerprint density at radius 2 is 1.65 bits per heavy atom.